The molecule has 0 aliphatic rings. The van der Waals surface area contributed by atoms with Crippen LogP contribution in [-0.4, -0.2) is 47.6 Å². The monoisotopic (exact) mass is 299 g/mol. The van der Waals surface area contributed by atoms with E-state index in [1.807, 2.05) is 46.0 Å². The summed E-state index contributed by atoms with van der Waals surface area (Å²) in [4.78, 5) is 2.32. The zero-order chi connectivity index (χ0) is 15.3. The maximum atomic E-state index is 12.4. The highest BCUT2D eigenvalue weighted by Crippen LogP contribution is 2.21. The highest BCUT2D eigenvalue weighted by molar-refractivity contribution is 7.89. The Morgan fingerprint density at radius 3 is 2.40 bits per heavy atom. The number of hydrogen-bond donors (Lipinski definition) is 2. The minimum absolute atomic E-state index is 0.376. The van der Waals surface area contributed by atoms with E-state index in [4.69, 9.17) is 0 Å². The number of aryl methyl sites for hydroxylation is 1. The molecule has 5 nitrogen and oxygen atoms in total. The first-order valence-corrected chi connectivity index (χ1v) is 8.15. The zero-order valence-corrected chi connectivity index (χ0v) is 13.8. The van der Waals surface area contributed by atoms with Crippen LogP contribution in [-0.2, 0) is 16.6 Å². The SMILES string of the molecule is CNCc1cc(C)c(C)c(S(=O)(=O)NCCN(C)C)c1. The van der Waals surface area contributed by atoms with Crippen LogP contribution in [0.2, 0.25) is 0 Å². The van der Waals surface area contributed by atoms with Gasteiger partial charge in [0.05, 0.1) is 4.90 Å². The van der Waals surface area contributed by atoms with Gasteiger partial charge in [0.1, 0.15) is 0 Å². The highest BCUT2D eigenvalue weighted by atomic mass is 32.2. The fraction of sp³-hybridized carbons (Fsp3) is 0.571. The van der Waals surface area contributed by atoms with Crippen molar-refractivity contribution in [2.45, 2.75) is 25.3 Å². The van der Waals surface area contributed by atoms with E-state index in [-0.39, 0.29) is 0 Å². The van der Waals surface area contributed by atoms with E-state index in [0.717, 1.165) is 16.7 Å². The molecule has 1 rings (SSSR count). The van der Waals surface area contributed by atoms with Gasteiger partial charge in [-0.25, -0.2) is 13.1 Å². The summed E-state index contributed by atoms with van der Waals surface area (Å²) in [7, 11) is 2.22. The van der Waals surface area contributed by atoms with Crippen LogP contribution in [0.5, 0.6) is 0 Å². The van der Waals surface area contributed by atoms with Gasteiger partial charge in [0.25, 0.3) is 0 Å². The van der Waals surface area contributed by atoms with Crippen LogP contribution in [0.1, 0.15) is 16.7 Å². The van der Waals surface area contributed by atoms with Gasteiger partial charge in [0.15, 0.2) is 0 Å². The van der Waals surface area contributed by atoms with Crippen molar-refractivity contribution >= 4 is 10.0 Å². The average molecular weight is 299 g/mol. The first-order valence-electron chi connectivity index (χ1n) is 6.67. The van der Waals surface area contributed by atoms with E-state index in [0.29, 0.717) is 24.5 Å². The van der Waals surface area contributed by atoms with Gasteiger partial charge in [-0.1, -0.05) is 6.07 Å². The molecule has 0 radical (unpaired) electrons. The van der Waals surface area contributed by atoms with Crippen molar-refractivity contribution in [3.05, 3.63) is 28.8 Å². The Bertz CT molecular complexity index is 554. The molecule has 0 aliphatic heterocycles. The van der Waals surface area contributed by atoms with Gasteiger partial charge < -0.3 is 10.2 Å². The van der Waals surface area contributed by atoms with Crippen LogP contribution in [0.15, 0.2) is 17.0 Å². The quantitative estimate of drug-likeness (QED) is 0.784. The maximum Gasteiger partial charge on any atom is 0.240 e. The van der Waals surface area contributed by atoms with E-state index >= 15 is 0 Å². The summed E-state index contributed by atoms with van der Waals surface area (Å²) in [6, 6.07) is 3.77. The number of sulfonamides is 1. The van der Waals surface area contributed by atoms with Crippen molar-refractivity contribution in [3.8, 4) is 0 Å². The summed E-state index contributed by atoms with van der Waals surface area (Å²) in [5.74, 6) is 0. The molecule has 2 N–H and O–H groups in total. The zero-order valence-electron chi connectivity index (χ0n) is 12.9. The molecule has 1 aromatic carbocycles. The van der Waals surface area contributed by atoms with Crippen LogP contribution in [0.4, 0.5) is 0 Å². The first-order chi connectivity index (χ1) is 9.27. The molecule has 0 saturated carbocycles. The van der Waals surface area contributed by atoms with Gasteiger partial charge in [-0.15, -0.1) is 0 Å². The normalized spacial score (nSPS) is 12.1. The molecule has 0 spiro atoms. The Hall–Kier alpha value is -0.950. The standard InChI is InChI=1S/C14H25N3O2S/c1-11-8-13(10-15-3)9-14(12(11)2)20(18,19)16-6-7-17(4)5/h8-9,15-16H,6-7,10H2,1-5H3. The van der Waals surface area contributed by atoms with Crippen molar-refractivity contribution in [2.24, 2.45) is 0 Å². The summed E-state index contributed by atoms with van der Waals surface area (Å²) in [5, 5.41) is 3.05. The Morgan fingerprint density at radius 2 is 1.85 bits per heavy atom. The molecule has 0 fully saturated rings. The molecule has 1 aromatic rings. The van der Waals surface area contributed by atoms with Crippen LogP contribution in [0.3, 0.4) is 0 Å². The second-order valence-corrected chi connectivity index (χ2v) is 7.00. The van der Waals surface area contributed by atoms with Gasteiger partial charge in [0, 0.05) is 19.6 Å². The van der Waals surface area contributed by atoms with Crippen molar-refractivity contribution < 1.29 is 8.42 Å². The largest absolute Gasteiger partial charge is 0.316 e. The molecule has 6 heteroatoms. The molecule has 20 heavy (non-hydrogen) atoms. The van der Waals surface area contributed by atoms with E-state index in [1.54, 1.807) is 6.07 Å². The molecule has 0 heterocycles. The summed E-state index contributed by atoms with van der Waals surface area (Å²) >= 11 is 0. The Kier molecular flexibility index (Phi) is 6.13. The van der Waals surface area contributed by atoms with Crippen molar-refractivity contribution in [3.63, 3.8) is 0 Å². The maximum absolute atomic E-state index is 12.4. The highest BCUT2D eigenvalue weighted by Gasteiger charge is 2.18. The summed E-state index contributed by atoms with van der Waals surface area (Å²) < 4.78 is 27.4. The minimum atomic E-state index is -3.45. The molecule has 0 unspecified atom stereocenters. The first kappa shape index (κ1) is 17.1. The van der Waals surface area contributed by atoms with Crippen molar-refractivity contribution in [1.82, 2.24) is 14.9 Å². The summed E-state index contributed by atoms with van der Waals surface area (Å²) in [6.45, 7) is 5.52. The molecular weight excluding hydrogens is 274 g/mol. The molecule has 0 aromatic heterocycles. The third kappa shape index (κ3) is 4.56. The van der Waals surface area contributed by atoms with E-state index in [1.165, 1.54) is 0 Å². The van der Waals surface area contributed by atoms with Gasteiger partial charge >= 0.3 is 0 Å². The number of benzene rings is 1. The Balaban J connectivity index is 3.04. The van der Waals surface area contributed by atoms with Gasteiger partial charge in [-0.2, -0.15) is 0 Å². The predicted octanol–water partition coefficient (Wildman–Crippen LogP) is 0.863. The molecule has 114 valence electrons. The Labute approximate surface area is 122 Å². The average Bonchev–Trinajstić information content (AvgIpc) is 2.33. The van der Waals surface area contributed by atoms with Crippen LogP contribution in [0, 0.1) is 13.8 Å². The molecule has 0 atom stereocenters. The van der Waals surface area contributed by atoms with Crippen molar-refractivity contribution in [2.75, 3.05) is 34.2 Å². The van der Waals surface area contributed by atoms with E-state index in [2.05, 4.69) is 10.0 Å². The minimum Gasteiger partial charge on any atom is -0.316 e. The number of nitrogens with zero attached hydrogens (tertiary/aromatic N) is 1. The van der Waals surface area contributed by atoms with Crippen LogP contribution >= 0.6 is 0 Å². The second kappa shape index (κ2) is 7.17. The lowest BCUT2D eigenvalue weighted by atomic mass is 10.1. The van der Waals surface area contributed by atoms with Gasteiger partial charge in [-0.3, -0.25) is 0 Å². The van der Waals surface area contributed by atoms with E-state index < -0.39 is 10.0 Å². The van der Waals surface area contributed by atoms with E-state index in [9.17, 15) is 8.42 Å². The third-order valence-corrected chi connectivity index (χ3v) is 4.79. The molecule has 0 bridgehead atoms. The fourth-order valence-corrected chi connectivity index (χ4v) is 3.35. The third-order valence-electron chi connectivity index (χ3n) is 3.20. The Morgan fingerprint density at radius 1 is 1.20 bits per heavy atom. The predicted molar refractivity (Wildman–Crippen MR) is 82.4 cm³/mol. The second-order valence-electron chi connectivity index (χ2n) is 5.27. The van der Waals surface area contributed by atoms with Crippen molar-refractivity contribution in [1.29, 1.82) is 0 Å². The molecule has 0 aliphatic carbocycles. The molecule has 0 saturated heterocycles. The van der Waals surface area contributed by atoms with Crippen LogP contribution in [0.25, 0.3) is 0 Å². The summed E-state index contributed by atoms with van der Waals surface area (Å²) in [6.07, 6.45) is 0. The fourth-order valence-electron chi connectivity index (χ4n) is 1.97. The van der Waals surface area contributed by atoms with Gasteiger partial charge in [-0.05, 0) is 57.7 Å². The number of rotatable bonds is 7. The lowest BCUT2D eigenvalue weighted by Crippen LogP contribution is -2.32. The lowest BCUT2D eigenvalue weighted by molar-refractivity contribution is 0.412. The van der Waals surface area contributed by atoms with Gasteiger partial charge in [0.2, 0.25) is 10.0 Å². The molecular formula is C14H25N3O2S. The smallest absolute Gasteiger partial charge is 0.240 e. The number of hydrogen-bond acceptors (Lipinski definition) is 4. The topological polar surface area (TPSA) is 61.4 Å². The van der Waals surface area contributed by atoms with Crippen LogP contribution < -0.4 is 10.0 Å². The summed E-state index contributed by atoms with van der Waals surface area (Å²) in [5.41, 5.74) is 2.77. The molecule has 0 amide bonds. The number of likely N-dealkylation sites (N-methyl/N-ethyl adjacent to an activating group) is 1. The lowest BCUT2D eigenvalue weighted by Gasteiger charge is -2.15. The number of nitrogens with one attached hydrogen (secondary N) is 2.